The molecule has 0 radical (unpaired) electrons. The van der Waals surface area contributed by atoms with Gasteiger partial charge in [-0.2, -0.15) is 5.10 Å². The van der Waals surface area contributed by atoms with Gasteiger partial charge in [0.15, 0.2) is 5.69 Å². The van der Waals surface area contributed by atoms with E-state index in [1.165, 1.54) is 10.6 Å². The summed E-state index contributed by atoms with van der Waals surface area (Å²) < 4.78 is 6.64. The molecule has 0 spiro atoms. The van der Waals surface area contributed by atoms with E-state index in [-0.39, 0.29) is 29.0 Å². The van der Waals surface area contributed by atoms with Crippen LogP contribution < -0.4 is 15.6 Å². The number of aryl methyl sites for hydroxylation is 1. The number of piperidine rings is 1. The van der Waals surface area contributed by atoms with Crippen molar-refractivity contribution in [1.82, 2.24) is 24.8 Å². The topological polar surface area (TPSA) is 109 Å². The minimum atomic E-state index is -0.280. The molecule has 0 saturated carbocycles. The van der Waals surface area contributed by atoms with E-state index in [9.17, 15) is 14.4 Å². The number of methoxy groups -OCH3 is 1. The average molecular weight is 423 g/mol. The van der Waals surface area contributed by atoms with E-state index in [2.05, 4.69) is 15.4 Å². The number of fused-ring (bicyclic) bond motifs is 1. The fourth-order valence-electron chi connectivity index (χ4n) is 3.85. The van der Waals surface area contributed by atoms with Crippen molar-refractivity contribution < 1.29 is 14.3 Å². The molecule has 1 saturated heterocycles. The van der Waals surface area contributed by atoms with E-state index < -0.39 is 0 Å². The molecule has 2 N–H and O–H groups in total. The summed E-state index contributed by atoms with van der Waals surface area (Å²) in [6.45, 7) is 3.14. The summed E-state index contributed by atoms with van der Waals surface area (Å²) in [5, 5.41) is 7.23. The van der Waals surface area contributed by atoms with Crippen molar-refractivity contribution in [2.45, 2.75) is 26.3 Å². The van der Waals surface area contributed by atoms with Crippen LogP contribution in [0.3, 0.4) is 0 Å². The van der Waals surface area contributed by atoms with Crippen LogP contribution in [0.2, 0.25) is 0 Å². The number of likely N-dealkylation sites (tertiary alicyclic amines) is 1. The molecule has 2 aromatic heterocycles. The molecule has 1 aliphatic rings. The molecule has 1 aliphatic heterocycles. The SMILES string of the molecule is COc1cccc(CNC(=O)C2CCN(C(=O)c3cc4c(=O)[nH]c(C)cn4n3)CC2)c1. The van der Waals surface area contributed by atoms with Gasteiger partial charge in [0.1, 0.15) is 11.3 Å². The van der Waals surface area contributed by atoms with E-state index >= 15 is 0 Å². The molecule has 2 amide bonds. The van der Waals surface area contributed by atoms with Gasteiger partial charge >= 0.3 is 0 Å². The zero-order valence-corrected chi connectivity index (χ0v) is 17.6. The number of ether oxygens (including phenoxy) is 1. The van der Waals surface area contributed by atoms with Gasteiger partial charge in [0.25, 0.3) is 11.5 Å². The van der Waals surface area contributed by atoms with E-state index in [0.717, 1.165) is 11.3 Å². The highest BCUT2D eigenvalue weighted by atomic mass is 16.5. The van der Waals surface area contributed by atoms with Gasteiger partial charge in [-0.1, -0.05) is 12.1 Å². The van der Waals surface area contributed by atoms with Crippen LogP contribution in [-0.4, -0.2) is 51.5 Å². The minimum absolute atomic E-state index is 0.00958. The predicted octanol–water partition coefficient (Wildman–Crippen LogP) is 1.51. The van der Waals surface area contributed by atoms with Crippen LogP contribution in [-0.2, 0) is 11.3 Å². The predicted molar refractivity (Wildman–Crippen MR) is 114 cm³/mol. The van der Waals surface area contributed by atoms with Crippen molar-refractivity contribution in [3.63, 3.8) is 0 Å². The molecule has 162 valence electrons. The Kier molecular flexibility index (Phi) is 5.75. The number of amides is 2. The number of aromatic nitrogens is 3. The zero-order valence-electron chi connectivity index (χ0n) is 17.6. The maximum Gasteiger partial charge on any atom is 0.274 e. The highest BCUT2D eigenvalue weighted by Crippen LogP contribution is 2.20. The maximum atomic E-state index is 12.8. The molecule has 0 unspecified atom stereocenters. The molecule has 3 aromatic rings. The zero-order chi connectivity index (χ0) is 22.0. The lowest BCUT2D eigenvalue weighted by atomic mass is 9.95. The van der Waals surface area contributed by atoms with Crippen molar-refractivity contribution in [3.05, 3.63) is 63.8 Å². The number of carbonyl (C=O) groups excluding carboxylic acids is 2. The molecule has 9 heteroatoms. The van der Waals surface area contributed by atoms with E-state index in [4.69, 9.17) is 4.74 Å². The number of nitrogens with one attached hydrogen (secondary N) is 2. The number of aromatic amines is 1. The summed E-state index contributed by atoms with van der Waals surface area (Å²) in [5.74, 6) is 0.379. The fourth-order valence-corrected chi connectivity index (χ4v) is 3.85. The van der Waals surface area contributed by atoms with E-state index in [0.29, 0.717) is 43.7 Å². The van der Waals surface area contributed by atoms with Crippen LogP contribution in [0.4, 0.5) is 0 Å². The number of hydrogen-bond donors (Lipinski definition) is 2. The van der Waals surface area contributed by atoms with Crippen molar-refractivity contribution >= 4 is 17.3 Å². The Morgan fingerprint density at radius 3 is 2.77 bits per heavy atom. The highest BCUT2D eigenvalue weighted by Gasteiger charge is 2.29. The number of rotatable bonds is 5. The molecule has 9 nitrogen and oxygen atoms in total. The van der Waals surface area contributed by atoms with Gasteiger partial charge in [-0.05, 0) is 37.5 Å². The first-order chi connectivity index (χ1) is 14.9. The minimum Gasteiger partial charge on any atom is -0.497 e. The summed E-state index contributed by atoms with van der Waals surface area (Å²) in [6.07, 6.45) is 2.85. The summed E-state index contributed by atoms with van der Waals surface area (Å²) in [6, 6.07) is 9.08. The molecule has 0 aliphatic carbocycles. The van der Waals surface area contributed by atoms with Crippen LogP contribution in [0, 0.1) is 12.8 Å². The van der Waals surface area contributed by atoms with Crippen LogP contribution in [0.5, 0.6) is 5.75 Å². The standard InChI is InChI=1S/C22H25N5O4/c1-14-13-27-19(21(29)24-14)11-18(25-27)22(30)26-8-6-16(7-9-26)20(28)23-12-15-4-3-5-17(10-15)31-2/h3-5,10-11,13,16H,6-9,12H2,1-2H3,(H,23,28)(H,24,29). The summed E-state index contributed by atoms with van der Waals surface area (Å²) >= 11 is 0. The number of hydrogen-bond acceptors (Lipinski definition) is 5. The summed E-state index contributed by atoms with van der Waals surface area (Å²) in [7, 11) is 1.61. The Morgan fingerprint density at radius 1 is 1.26 bits per heavy atom. The molecule has 0 bridgehead atoms. The molecule has 4 rings (SSSR count). The second-order valence-electron chi connectivity index (χ2n) is 7.76. The highest BCUT2D eigenvalue weighted by molar-refractivity contribution is 5.93. The molecule has 3 heterocycles. The Bertz CT molecular complexity index is 1170. The second-order valence-corrected chi connectivity index (χ2v) is 7.76. The normalized spacial score (nSPS) is 14.6. The average Bonchev–Trinajstić information content (AvgIpc) is 3.21. The van der Waals surface area contributed by atoms with Crippen molar-refractivity contribution in [2.75, 3.05) is 20.2 Å². The maximum absolute atomic E-state index is 12.8. The first-order valence-electron chi connectivity index (χ1n) is 10.2. The van der Waals surface area contributed by atoms with Crippen molar-refractivity contribution in [3.8, 4) is 5.75 Å². The smallest absolute Gasteiger partial charge is 0.274 e. The van der Waals surface area contributed by atoms with Gasteiger partial charge < -0.3 is 19.9 Å². The Morgan fingerprint density at radius 2 is 2.03 bits per heavy atom. The van der Waals surface area contributed by atoms with E-state index in [1.807, 2.05) is 24.3 Å². The first kappa shape index (κ1) is 20.6. The van der Waals surface area contributed by atoms with Gasteiger partial charge in [0.2, 0.25) is 5.91 Å². The lowest BCUT2D eigenvalue weighted by molar-refractivity contribution is -0.126. The molecular formula is C22H25N5O4. The van der Waals surface area contributed by atoms with Crippen LogP contribution in [0.1, 0.15) is 34.6 Å². The molecule has 1 fully saturated rings. The van der Waals surface area contributed by atoms with Gasteiger partial charge in [-0.15, -0.1) is 0 Å². The molecule has 1 aromatic carbocycles. The van der Waals surface area contributed by atoms with Crippen molar-refractivity contribution in [1.29, 1.82) is 0 Å². The molecule has 0 atom stereocenters. The number of carbonyl (C=O) groups is 2. The van der Waals surface area contributed by atoms with Gasteiger partial charge in [0.05, 0.1) is 7.11 Å². The molecular weight excluding hydrogens is 398 g/mol. The lowest BCUT2D eigenvalue weighted by Gasteiger charge is -2.30. The third kappa shape index (κ3) is 4.45. The third-order valence-electron chi connectivity index (χ3n) is 5.57. The van der Waals surface area contributed by atoms with E-state index in [1.54, 1.807) is 25.1 Å². The Hall–Kier alpha value is -3.62. The Balaban J connectivity index is 1.33. The number of H-pyrrole nitrogens is 1. The van der Waals surface area contributed by atoms with Gasteiger partial charge in [0, 0.05) is 43.5 Å². The second kappa shape index (κ2) is 8.63. The molecule has 31 heavy (non-hydrogen) atoms. The monoisotopic (exact) mass is 423 g/mol. The summed E-state index contributed by atoms with van der Waals surface area (Å²) in [5.41, 5.74) is 1.92. The van der Waals surface area contributed by atoms with Crippen LogP contribution in [0.25, 0.3) is 5.52 Å². The number of benzene rings is 1. The third-order valence-corrected chi connectivity index (χ3v) is 5.57. The van der Waals surface area contributed by atoms with Gasteiger partial charge in [-0.3, -0.25) is 14.4 Å². The van der Waals surface area contributed by atoms with Crippen molar-refractivity contribution in [2.24, 2.45) is 5.92 Å². The largest absolute Gasteiger partial charge is 0.497 e. The summed E-state index contributed by atoms with van der Waals surface area (Å²) in [4.78, 5) is 41.8. The quantitative estimate of drug-likeness (QED) is 0.647. The Labute approximate surface area is 179 Å². The lowest BCUT2D eigenvalue weighted by Crippen LogP contribution is -2.43. The fraction of sp³-hybridized carbons (Fsp3) is 0.364. The van der Waals surface area contributed by atoms with Crippen LogP contribution >= 0.6 is 0 Å². The first-order valence-corrected chi connectivity index (χ1v) is 10.2. The number of nitrogens with zero attached hydrogens (tertiary/aromatic N) is 3. The van der Waals surface area contributed by atoms with Gasteiger partial charge in [-0.25, -0.2) is 4.52 Å². The van der Waals surface area contributed by atoms with Crippen LogP contribution in [0.15, 0.2) is 41.3 Å².